The number of nitrogens with zero attached hydrogens (tertiary/aromatic N) is 2. The van der Waals surface area contributed by atoms with E-state index in [4.69, 9.17) is 16.3 Å². The maximum atomic E-state index is 12.4. The highest BCUT2D eigenvalue weighted by atomic mass is 35.5. The number of benzene rings is 1. The molecule has 28 heavy (non-hydrogen) atoms. The summed E-state index contributed by atoms with van der Waals surface area (Å²) in [6.07, 6.45) is 2.93. The largest absolute Gasteiger partial charge is 0.415 e. The number of pyridine rings is 1. The molecule has 1 N–H and O–H groups in total. The smallest absolute Gasteiger partial charge is 0.408 e. The standard InChI is InChI=1S/C21H24ClN3O3/c1-14(24-20(26)17-5-7-18(22)8-6-17)16-9-12-25(13-10-16)21(27)28-19-4-3-11-23-15(19)2/h3-8,11,14,16H,9-10,12-13H2,1-2H3,(H,24,26)/t14-/m1/s1. The summed E-state index contributed by atoms with van der Waals surface area (Å²) < 4.78 is 5.46. The fourth-order valence-electron chi connectivity index (χ4n) is 3.33. The molecule has 0 aliphatic carbocycles. The van der Waals surface area contributed by atoms with Crippen LogP contribution in [-0.4, -0.2) is 41.0 Å². The van der Waals surface area contributed by atoms with E-state index < -0.39 is 0 Å². The molecule has 0 radical (unpaired) electrons. The molecular formula is C21H24ClN3O3. The van der Waals surface area contributed by atoms with Crippen LogP contribution in [0.4, 0.5) is 4.79 Å². The lowest BCUT2D eigenvalue weighted by atomic mass is 9.90. The third kappa shape index (κ3) is 5.01. The number of aromatic nitrogens is 1. The number of likely N-dealkylation sites (tertiary alicyclic amines) is 1. The topological polar surface area (TPSA) is 71.5 Å². The van der Waals surface area contributed by atoms with Gasteiger partial charge in [0.05, 0.1) is 5.69 Å². The van der Waals surface area contributed by atoms with Gasteiger partial charge in [-0.25, -0.2) is 4.79 Å². The van der Waals surface area contributed by atoms with Crippen LogP contribution in [-0.2, 0) is 0 Å². The number of carbonyl (C=O) groups excluding carboxylic acids is 2. The Hall–Kier alpha value is -2.60. The van der Waals surface area contributed by atoms with Crippen LogP contribution < -0.4 is 10.1 Å². The van der Waals surface area contributed by atoms with Crippen LogP contribution in [0.5, 0.6) is 5.75 Å². The lowest BCUT2D eigenvalue weighted by Gasteiger charge is -2.34. The van der Waals surface area contributed by atoms with Gasteiger partial charge in [-0.05, 0) is 69.0 Å². The van der Waals surface area contributed by atoms with Crippen molar-refractivity contribution >= 4 is 23.6 Å². The summed E-state index contributed by atoms with van der Waals surface area (Å²) in [5, 5.41) is 3.65. The molecule has 2 aromatic rings. The second kappa shape index (κ2) is 9.06. The van der Waals surface area contributed by atoms with Gasteiger partial charge in [0.2, 0.25) is 0 Å². The second-order valence-corrected chi connectivity index (χ2v) is 7.48. The van der Waals surface area contributed by atoms with Gasteiger partial charge in [-0.15, -0.1) is 0 Å². The predicted molar refractivity (Wildman–Crippen MR) is 108 cm³/mol. The number of aryl methyl sites for hydroxylation is 1. The van der Waals surface area contributed by atoms with Crippen LogP contribution in [0.1, 0.15) is 35.8 Å². The Balaban J connectivity index is 1.49. The minimum Gasteiger partial charge on any atom is -0.408 e. The Morgan fingerprint density at radius 3 is 2.54 bits per heavy atom. The number of carbonyl (C=O) groups is 2. The molecule has 1 aliphatic rings. The number of halogens is 1. The van der Waals surface area contributed by atoms with Crippen molar-refractivity contribution in [3.8, 4) is 5.75 Å². The van der Waals surface area contributed by atoms with Gasteiger partial charge in [0.25, 0.3) is 5.91 Å². The fourth-order valence-corrected chi connectivity index (χ4v) is 3.45. The molecule has 0 spiro atoms. The van der Waals surface area contributed by atoms with Crippen LogP contribution in [0.3, 0.4) is 0 Å². The van der Waals surface area contributed by atoms with Gasteiger partial charge in [-0.3, -0.25) is 9.78 Å². The first kappa shape index (κ1) is 20.1. The highest BCUT2D eigenvalue weighted by molar-refractivity contribution is 6.30. The molecule has 0 saturated carbocycles. The first-order chi connectivity index (χ1) is 13.4. The molecule has 1 aromatic heterocycles. The van der Waals surface area contributed by atoms with Crippen molar-refractivity contribution in [2.24, 2.45) is 5.92 Å². The van der Waals surface area contributed by atoms with E-state index >= 15 is 0 Å². The molecule has 7 heteroatoms. The molecule has 1 aliphatic heterocycles. The summed E-state index contributed by atoms with van der Waals surface area (Å²) in [5.74, 6) is 0.678. The number of nitrogens with one attached hydrogen (secondary N) is 1. The Bertz CT molecular complexity index is 833. The van der Waals surface area contributed by atoms with Crippen LogP contribution >= 0.6 is 11.6 Å². The van der Waals surface area contributed by atoms with Gasteiger partial charge >= 0.3 is 6.09 Å². The van der Waals surface area contributed by atoms with E-state index in [0.717, 1.165) is 12.8 Å². The number of piperidine rings is 1. The molecule has 0 bridgehead atoms. The van der Waals surface area contributed by atoms with Gasteiger partial charge in [-0.2, -0.15) is 0 Å². The van der Waals surface area contributed by atoms with Gasteiger partial charge in [-0.1, -0.05) is 11.6 Å². The monoisotopic (exact) mass is 401 g/mol. The van der Waals surface area contributed by atoms with Crippen LogP contribution in [0.25, 0.3) is 0 Å². The zero-order valence-corrected chi connectivity index (χ0v) is 16.8. The quantitative estimate of drug-likeness (QED) is 0.838. The van der Waals surface area contributed by atoms with Gasteiger partial charge in [0.15, 0.2) is 5.75 Å². The van der Waals surface area contributed by atoms with Crippen LogP contribution in [0, 0.1) is 12.8 Å². The number of rotatable bonds is 4. The maximum absolute atomic E-state index is 12.4. The van der Waals surface area contributed by atoms with E-state index in [1.807, 2.05) is 6.92 Å². The van der Waals surface area contributed by atoms with E-state index in [1.165, 1.54) is 0 Å². The lowest BCUT2D eigenvalue weighted by molar-refractivity contribution is 0.0895. The summed E-state index contributed by atoms with van der Waals surface area (Å²) >= 11 is 5.87. The third-order valence-corrected chi connectivity index (χ3v) is 5.38. The fraction of sp³-hybridized carbons (Fsp3) is 0.381. The molecule has 2 amide bonds. The highest BCUT2D eigenvalue weighted by Crippen LogP contribution is 2.23. The van der Waals surface area contributed by atoms with Gasteiger partial charge in [0.1, 0.15) is 0 Å². The molecule has 3 rings (SSSR count). The summed E-state index contributed by atoms with van der Waals surface area (Å²) in [6.45, 7) is 5.01. The van der Waals surface area contributed by atoms with E-state index in [0.29, 0.717) is 41.0 Å². The molecule has 1 aromatic carbocycles. The SMILES string of the molecule is Cc1ncccc1OC(=O)N1CCC([C@@H](C)NC(=O)c2ccc(Cl)cc2)CC1. The van der Waals surface area contributed by atoms with Gasteiger partial charge in [0, 0.05) is 35.9 Å². The van der Waals surface area contributed by atoms with Crippen molar-refractivity contribution in [3.63, 3.8) is 0 Å². The molecule has 1 atom stereocenters. The van der Waals surface area contributed by atoms with Crippen LogP contribution in [0.2, 0.25) is 5.02 Å². The number of amides is 2. The highest BCUT2D eigenvalue weighted by Gasteiger charge is 2.28. The number of hydrogen-bond acceptors (Lipinski definition) is 4. The van der Waals surface area contributed by atoms with Gasteiger partial charge < -0.3 is 15.0 Å². The van der Waals surface area contributed by atoms with Crippen molar-refractivity contribution < 1.29 is 14.3 Å². The molecule has 2 heterocycles. The molecular weight excluding hydrogens is 378 g/mol. The van der Waals surface area contributed by atoms with Crippen LogP contribution in [0.15, 0.2) is 42.6 Å². The summed E-state index contributed by atoms with van der Waals surface area (Å²) in [6, 6.07) is 10.3. The molecule has 0 unspecified atom stereocenters. The molecule has 1 saturated heterocycles. The zero-order valence-electron chi connectivity index (χ0n) is 16.0. The Morgan fingerprint density at radius 1 is 1.21 bits per heavy atom. The third-order valence-electron chi connectivity index (χ3n) is 5.13. The van der Waals surface area contributed by atoms with Crippen molar-refractivity contribution in [2.45, 2.75) is 32.7 Å². The summed E-state index contributed by atoms with van der Waals surface area (Å²) in [5.41, 5.74) is 1.27. The van der Waals surface area contributed by atoms with Crippen molar-refractivity contribution in [3.05, 3.63) is 58.9 Å². The second-order valence-electron chi connectivity index (χ2n) is 7.05. The maximum Gasteiger partial charge on any atom is 0.415 e. The predicted octanol–water partition coefficient (Wildman–Crippen LogP) is 4.07. The average Bonchev–Trinajstić information content (AvgIpc) is 2.70. The van der Waals surface area contributed by atoms with Crippen molar-refractivity contribution in [1.29, 1.82) is 0 Å². The molecule has 1 fully saturated rings. The summed E-state index contributed by atoms with van der Waals surface area (Å²) in [7, 11) is 0. The van der Waals surface area contributed by atoms with Crippen molar-refractivity contribution in [1.82, 2.24) is 15.2 Å². The van der Waals surface area contributed by atoms with E-state index in [2.05, 4.69) is 10.3 Å². The summed E-state index contributed by atoms with van der Waals surface area (Å²) in [4.78, 5) is 30.6. The Kier molecular flexibility index (Phi) is 6.52. The minimum atomic E-state index is -0.354. The number of hydrogen-bond donors (Lipinski definition) is 1. The van der Waals surface area contributed by atoms with E-state index in [9.17, 15) is 9.59 Å². The first-order valence-corrected chi connectivity index (χ1v) is 9.76. The normalized spacial score (nSPS) is 15.8. The Labute approximate surface area is 169 Å². The Morgan fingerprint density at radius 2 is 1.89 bits per heavy atom. The first-order valence-electron chi connectivity index (χ1n) is 9.39. The molecule has 6 nitrogen and oxygen atoms in total. The van der Waals surface area contributed by atoms with E-state index in [1.54, 1.807) is 54.4 Å². The minimum absolute atomic E-state index is 0.0157. The average molecular weight is 402 g/mol. The molecule has 148 valence electrons. The van der Waals surface area contributed by atoms with Crippen molar-refractivity contribution in [2.75, 3.05) is 13.1 Å². The zero-order chi connectivity index (χ0) is 20.1. The lowest BCUT2D eigenvalue weighted by Crippen LogP contribution is -2.46. The number of ether oxygens (including phenoxy) is 1. The van der Waals surface area contributed by atoms with E-state index in [-0.39, 0.29) is 18.0 Å².